The summed E-state index contributed by atoms with van der Waals surface area (Å²) in [6, 6.07) is 10.9. The topological polar surface area (TPSA) is 75.1 Å². The van der Waals surface area contributed by atoms with Crippen molar-refractivity contribution >= 4 is 16.9 Å². The first kappa shape index (κ1) is 13.1. The Labute approximate surface area is 119 Å². The highest BCUT2D eigenvalue weighted by molar-refractivity contribution is 5.96. The summed E-state index contributed by atoms with van der Waals surface area (Å²) in [5, 5.41) is 8.64. The van der Waals surface area contributed by atoms with Crippen molar-refractivity contribution < 1.29 is 14.4 Å². The molecule has 0 bridgehead atoms. The molecular weight excluding hydrogens is 273 g/mol. The summed E-state index contributed by atoms with van der Waals surface area (Å²) < 4.78 is 13.8. The Morgan fingerprint density at radius 2 is 1.95 bits per heavy atom. The third-order valence-corrected chi connectivity index (χ3v) is 3.06. The van der Waals surface area contributed by atoms with Crippen molar-refractivity contribution in [3.05, 3.63) is 60.0 Å². The predicted molar refractivity (Wildman–Crippen MR) is 74.2 cm³/mol. The first-order valence-corrected chi connectivity index (χ1v) is 6.15. The lowest BCUT2D eigenvalue weighted by atomic mass is 10.1. The molecule has 0 saturated heterocycles. The van der Waals surface area contributed by atoms with E-state index in [2.05, 4.69) is 9.97 Å². The average molecular weight is 283 g/mol. The minimum atomic E-state index is -0.644. The highest BCUT2D eigenvalue weighted by atomic mass is 19.1. The Balaban J connectivity index is 2.14. The largest absolute Gasteiger partial charge is 0.288 e. The van der Waals surface area contributed by atoms with Crippen molar-refractivity contribution in [2.75, 3.05) is 0 Å². The third-order valence-electron chi connectivity index (χ3n) is 3.06. The Morgan fingerprint density at radius 3 is 2.71 bits per heavy atom. The summed E-state index contributed by atoms with van der Waals surface area (Å²) in [6.07, 6.45) is 1.48. The Hall–Kier alpha value is -2.86. The van der Waals surface area contributed by atoms with Gasteiger partial charge in [-0.2, -0.15) is 0 Å². The van der Waals surface area contributed by atoms with E-state index in [9.17, 15) is 9.18 Å². The van der Waals surface area contributed by atoms with Gasteiger partial charge in [0.25, 0.3) is 5.91 Å². The van der Waals surface area contributed by atoms with Crippen molar-refractivity contribution in [2.45, 2.75) is 0 Å². The number of halogens is 1. The summed E-state index contributed by atoms with van der Waals surface area (Å²) in [6.45, 7) is 0. The van der Waals surface area contributed by atoms with E-state index in [1.54, 1.807) is 29.7 Å². The zero-order chi connectivity index (χ0) is 14.8. The van der Waals surface area contributed by atoms with Crippen LogP contribution in [0.4, 0.5) is 4.39 Å². The standard InChI is InChI=1S/C15H10FN3O2/c16-11-4-2-1-3-10(11)14-8-17-12-6-5-9(15(20)19-21)7-13(12)18-14/h1-8,21H,(H,19,20). The van der Waals surface area contributed by atoms with Crippen LogP contribution in [-0.2, 0) is 0 Å². The van der Waals surface area contributed by atoms with Crippen LogP contribution in [0, 0.1) is 5.82 Å². The maximum absolute atomic E-state index is 13.8. The van der Waals surface area contributed by atoms with Crippen LogP contribution in [0.25, 0.3) is 22.3 Å². The maximum Gasteiger partial charge on any atom is 0.274 e. The average Bonchev–Trinajstić information content (AvgIpc) is 2.53. The summed E-state index contributed by atoms with van der Waals surface area (Å²) in [7, 11) is 0. The van der Waals surface area contributed by atoms with E-state index in [0.29, 0.717) is 22.3 Å². The minimum Gasteiger partial charge on any atom is -0.288 e. The van der Waals surface area contributed by atoms with E-state index in [1.807, 2.05) is 0 Å². The molecule has 3 aromatic rings. The number of nitrogens with one attached hydrogen (secondary N) is 1. The van der Waals surface area contributed by atoms with Gasteiger partial charge in [-0.05, 0) is 30.3 Å². The van der Waals surface area contributed by atoms with Crippen LogP contribution in [0.15, 0.2) is 48.7 Å². The van der Waals surface area contributed by atoms with Crippen molar-refractivity contribution in [3.63, 3.8) is 0 Å². The van der Waals surface area contributed by atoms with Crippen molar-refractivity contribution in [1.29, 1.82) is 0 Å². The fourth-order valence-corrected chi connectivity index (χ4v) is 2.02. The van der Waals surface area contributed by atoms with Crippen LogP contribution >= 0.6 is 0 Å². The Kier molecular flexibility index (Phi) is 3.29. The molecule has 0 spiro atoms. The molecule has 104 valence electrons. The molecule has 0 unspecified atom stereocenters. The van der Waals surface area contributed by atoms with Crippen LogP contribution < -0.4 is 5.48 Å². The smallest absolute Gasteiger partial charge is 0.274 e. The molecule has 21 heavy (non-hydrogen) atoms. The number of hydrogen-bond acceptors (Lipinski definition) is 4. The van der Waals surface area contributed by atoms with Crippen LogP contribution in [0.5, 0.6) is 0 Å². The van der Waals surface area contributed by atoms with Gasteiger partial charge in [0, 0.05) is 11.1 Å². The maximum atomic E-state index is 13.8. The molecule has 3 rings (SSSR count). The normalized spacial score (nSPS) is 10.6. The van der Waals surface area contributed by atoms with E-state index in [1.165, 1.54) is 24.4 Å². The number of nitrogens with zero attached hydrogens (tertiary/aromatic N) is 2. The molecule has 0 fully saturated rings. The van der Waals surface area contributed by atoms with Crippen LogP contribution in [-0.4, -0.2) is 21.1 Å². The molecule has 0 aliphatic rings. The quantitative estimate of drug-likeness (QED) is 0.560. The third kappa shape index (κ3) is 2.44. The molecule has 1 amide bonds. The lowest BCUT2D eigenvalue weighted by Gasteiger charge is -2.05. The van der Waals surface area contributed by atoms with Gasteiger partial charge in [-0.3, -0.25) is 15.0 Å². The number of amides is 1. The zero-order valence-corrected chi connectivity index (χ0v) is 10.7. The van der Waals surface area contributed by atoms with Crippen molar-refractivity contribution in [1.82, 2.24) is 15.4 Å². The molecule has 1 aromatic heterocycles. The number of aromatic nitrogens is 2. The molecular formula is C15H10FN3O2. The Morgan fingerprint density at radius 1 is 1.14 bits per heavy atom. The summed E-state index contributed by atoms with van der Waals surface area (Å²) in [5.41, 5.74) is 3.52. The molecule has 0 atom stereocenters. The van der Waals surface area contributed by atoms with Gasteiger partial charge >= 0.3 is 0 Å². The molecule has 5 nitrogen and oxygen atoms in total. The number of carbonyl (C=O) groups excluding carboxylic acids is 1. The van der Waals surface area contributed by atoms with Gasteiger partial charge in [0.15, 0.2) is 0 Å². The molecule has 0 aliphatic carbocycles. The number of benzene rings is 2. The fraction of sp³-hybridized carbons (Fsp3) is 0. The number of carbonyl (C=O) groups is 1. The second kappa shape index (κ2) is 5.26. The van der Waals surface area contributed by atoms with Gasteiger partial charge in [0.05, 0.1) is 22.9 Å². The monoisotopic (exact) mass is 283 g/mol. The first-order valence-electron chi connectivity index (χ1n) is 6.15. The highest BCUT2D eigenvalue weighted by Crippen LogP contribution is 2.22. The van der Waals surface area contributed by atoms with Crippen LogP contribution in [0.3, 0.4) is 0 Å². The van der Waals surface area contributed by atoms with Gasteiger partial charge < -0.3 is 0 Å². The number of hydrogen-bond donors (Lipinski definition) is 2. The molecule has 0 saturated carbocycles. The lowest BCUT2D eigenvalue weighted by Crippen LogP contribution is -2.18. The van der Waals surface area contributed by atoms with Crippen molar-refractivity contribution in [3.8, 4) is 11.3 Å². The summed E-state index contributed by atoms with van der Waals surface area (Å²) in [5.74, 6) is -1.04. The highest BCUT2D eigenvalue weighted by Gasteiger charge is 2.10. The molecule has 6 heteroatoms. The van der Waals surface area contributed by atoms with E-state index < -0.39 is 11.7 Å². The van der Waals surface area contributed by atoms with E-state index in [0.717, 1.165) is 0 Å². The first-order chi connectivity index (χ1) is 10.2. The van der Waals surface area contributed by atoms with Crippen LogP contribution in [0.2, 0.25) is 0 Å². The number of hydroxylamine groups is 1. The van der Waals surface area contributed by atoms with Gasteiger partial charge in [-0.15, -0.1) is 0 Å². The molecule has 0 aliphatic heterocycles. The van der Waals surface area contributed by atoms with Gasteiger partial charge in [-0.25, -0.2) is 14.9 Å². The van der Waals surface area contributed by atoms with Gasteiger partial charge in [0.2, 0.25) is 0 Å². The molecule has 1 heterocycles. The molecule has 2 N–H and O–H groups in total. The fourth-order valence-electron chi connectivity index (χ4n) is 2.02. The van der Waals surface area contributed by atoms with Gasteiger partial charge in [0.1, 0.15) is 5.82 Å². The number of rotatable bonds is 2. The molecule has 0 radical (unpaired) electrons. The minimum absolute atomic E-state index is 0.241. The van der Waals surface area contributed by atoms with Crippen molar-refractivity contribution in [2.24, 2.45) is 0 Å². The van der Waals surface area contributed by atoms with Gasteiger partial charge in [-0.1, -0.05) is 12.1 Å². The SMILES string of the molecule is O=C(NO)c1ccc2ncc(-c3ccccc3F)nc2c1. The second-order valence-corrected chi connectivity index (χ2v) is 4.38. The second-order valence-electron chi connectivity index (χ2n) is 4.38. The number of fused-ring (bicyclic) bond motifs is 1. The van der Waals surface area contributed by atoms with E-state index in [4.69, 9.17) is 5.21 Å². The summed E-state index contributed by atoms with van der Waals surface area (Å²) in [4.78, 5) is 19.9. The predicted octanol–water partition coefficient (Wildman–Crippen LogP) is 2.55. The van der Waals surface area contributed by atoms with E-state index in [-0.39, 0.29) is 5.56 Å². The van der Waals surface area contributed by atoms with E-state index >= 15 is 0 Å². The molecule has 2 aromatic carbocycles. The van der Waals surface area contributed by atoms with Crippen LogP contribution in [0.1, 0.15) is 10.4 Å². The lowest BCUT2D eigenvalue weighted by molar-refractivity contribution is 0.0706. The Bertz CT molecular complexity index is 836. The zero-order valence-electron chi connectivity index (χ0n) is 10.7. The summed E-state index contributed by atoms with van der Waals surface area (Å²) >= 11 is 0.